The Kier molecular flexibility index (Phi) is 3.12. The lowest BCUT2D eigenvalue weighted by Crippen LogP contribution is -2.01. The Morgan fingerprint density at radius 1 is 1.56 bits per heavy atom. The maximum Gasteiger partial charge on any atom is 0.348 e. The third-order valence-electron chi connectivity index (χ3n) is 2.15. The first-order valence-corrected chi connectivity index (χ1v) is 6.05. The summed E-state index contributed by atoms with van der Waals surface area (Å²) < 4.78 is 5.90. The summed E-state index contributed by atoms with van der Waals surface area (Å²) in [4.78, 5) is 16.3. The Morgan fingerprint density at radius 2 is 2.31 bits per heavy atom. The summed E-state index contributed by atoms with van der Waals surface area (Å²) in [5.41, 5.74) is 0.828. The van der Waals surface area contributed by atoms with E-state index in [0.29, 0.717) is 16.6 Å². The molecule has 0 radical (unpaired) electrons. The van der Waals surface area contributed by atoms with Crippen molar-refractivity contribution in [2.75, 3.05) is 6.61 Å². The molecular weight excluding hydrogens is 246 g/mol. The lowest BCUT2D eigenvalue weighted by Gasteiger charge is -1.95. The molecule has 0 bridgehead atoms. The fourth-order valence-electron chi connectivity index (χ4n) is 1.46. The van der Waals surface area contributed by atoms with Gasteiger partial charge in [-0.25, -0.2) is 9.78 Å². The highest BCUT2D eigenvalue weighted by Gasteiger charge is 2.13. The molecule has 2 heterocycles. The van der Waals surface area contributed by atoms with Gasteiger partial charge in [-0.1, -0.05) is 11.6 Å². The van der Waals surface area contributed by atoms with E-state index in [1.807, 2.05) is 6.92 Å². The van der Waals surface area contributed by atoms with E-state index in [2.05, 4.69) is 4.98 Å². The van der Waals surface area contributed by atoms with Gasteiger partial charge in [0.2, 0.25) is 0 Å². The predicted octanol–water partition coefficient (Wildman–Crippen LogP) is 3.43. The number of rotatable bonds is 2. The number of esters is 1. The molecule has 0 aliphatic rings. The minimum Gasteiger partial charge on any atom is -0.462 e. The fraction of sp³-hybridized carbons (Fsp3) is 0.273. The van der Waals surface area contributed by atoms with Gasteiger partial charge in [-0.15, -0.1) is 11.3 Å². The Balaban J connectivity index is 2.51. The van der Waals surface area contributed by atoms with Gasteiger partial charge in [-0.3, -0.25) is 0 Å². The first kappa shape index (κ1) is 11.4. The van der Waals surface area contributed by atoms with Gasteiger partial charge in [0.15, 0.2) is 0 Å². The molecule has 0 fully saturated rings. The molecule has 0 aromatic carbocycles. The summed E-state index contributed by atoms with van der Waals surface area (Å²) in [5.74, 6) is -0.292. The van der Waals surface area contributed by atoms with Crippen LogP contribution in [-0.2, 0) is 4.74 Å². The van der Waals surface area contributed by atoms with Crippen LogP contribution in [0.1, 0.15) is 22.3 Å². The second-order valence-corrected chi connectivity index (χ2v) is 4.74. The summed E-state index contributed by atoms with van der Waals surface area (Å²) in [7, 11) is 0. The van der Waals surface area contributed by atoms with Crippen molar-refractivity contribution in [3.05, 3.63) is 27.9 Å². The van der Waals surface area contributed by atoms with E-state index in [1.165, 1.54) is 11.3 Å². The maximum atomic E-state index is 11.5. The highest BCUT2D eigenvalue weighted by Crippen LogP contribution is 2.29. The highest BCUT2D eigenvalue weighted by molar-refractivity contribution is 7.20. The molecule has 2 aromatic rings. The highest BCUT2D eigenvalue weighted by atomic mass is 35.5. The average Bonchev–Trinajstić information content (AvgIpc) is 2.62. The monoisotopic (exact) mass is 255 g/mol. The number of fused-ring (bicyclic) bond motifs is 1. The molecule has 0 saturated heterocycles. The second kappa shape index (κ2) is 4.39. The molecule has 0 N–H and O–H groups in total. The van der Waals surface area contributed by atoms with Crippen LogP contribution in [0.3, 0.4) is 0 Å². The van der Waals surface area contributed by atoms with E-state index in [1.54, 1.807) is 19.1 Å². The van der Waals surface area contributed by atoms with Crippen molar-refractivity contribution in [1.29, 1.82) is 0 Å². The van der Waals surface area contributed by atoms with E-state index >= 15 is 0 Å². The largest absolute Gasteiger partial charge is 0.462 e. The van der Waals surface area contributed by atoms with E-state index < -0.39 is 0 Å². The molecule has 0 amide bonds. The van der Waals surface area contributed by atoms with Crippen molar-refractivity contribution in [2.45, 2.75) is 13.8 Å². The molecule has 0 spiro atoms. The van der Waals surface area contributed by atoms with E-state index in [9.17, 15) is 4.79 Å². The van der Waals surface area contributed by atoms with E-state index in [0.717, 1.165) is 15.8 Å². The van der Waals surface area contributed by atoms with Gasteiger partial charge in [-0.05, 0) is 26.0 Å². The summed E-state index contributed by atoms with van der Waals surface area (Å²) in [5, 5.41) is 1.40. The first-order valence-electron chi connectivity index (χ1n) is 4.85. The molecule has 2 rings (SSSR count). The Labute approximate surface area is 102 Å². The molecule has 0 aliphatic carbocycles. The van der Waals surface area contributed by atoms with Crippen LogP contribution in [0.5, 0.6) is 0 Å². The number of carbonyl (C=O) groups is 1. The number of carbonyl (C=O) groups excluding carboxylic acids is 1. The van der Waals surface area contributed by atoms with Crippen molar-refractivity contribution in [1.82, 2.24) is 4.98 Å². The zero-order chi connectivity index (χ0) is 11.7. The average molecular weight is 256 g/mol. The number of halogens is 1. The minimum atomic E-state index is -0.292. The van der Waals surface area contributed by atoms with Gasteiger partial charge in [0, 0.05) is 15.8 Å². The van der Waals surface area contributed by atoms with Crippen LogP contribution >= 0.6 is 22.9 Å². The lowest BCUT2D eigenvalue weighted by molar-refractivity contribution is 0.0532. The summed E-state index contributed by atoms with van der Waals surface area (Å²) in [6.45, 7) is 4.04. The van der Waals surface area contributed by atoms with Crippen molar-refractivity contribution in [3.8, 4) is 0 Å². The van der Waals surface area contributed by atoms with Gasteiger partial charge in [0.05, 0.1) is 6.61 Å². The molecule has 0 unspecified atom stereocenters. The molecule has 0 saturated carbocycles. The Hall–Kier alpha value is -1.13. The fourth-order valence-corrected chi connectivity index (χ4v) is 2.80. The molecule has 2 aromatic heterocycles. The van der Waals surface area contributed by atoms with Crippen molar-refractivity contribution >= 4 is 39.0 Å². The zero-order valence-corrected chi connectivity index (χ0v) is 10.5. The number of aromatic nitrogens is 1. The topological polar surface area (TPSA) is 39.2 Å². The Morgan fingerprint density at radius 3 is 3.00 bits per heavy atom. The van der Waals surface area contributed by atoms with Crippen LogP contribution in [0, 0.1) is 6.92 Å². The third-order valence-corrected chi connectivity index (χ3v) is 3.41. The number of hydrogen-bond donors (Lipinski definition) is 0. The molecule has 3 nitrogen and oxygen atoms in total. The molecule has 0 atom stereocenters. The summed E-state index contributed by atoms with van der Waals surface area (Å²) in [6, 6.07) is 3.56. The SMILES string of the molecule is CCOC(=O)c1cc2c(C)nc(Cl)cc2s1. The summed E-state index contributed by atoms with van der Waals surface area (Å²) in [6.07, 6.45) is 0. The maximum absolute atomic E-state index is 11.5. The van der Waals surface area contributed by atoms with Gasteiger partial charge >= 0.3 is 5.97 Å². The van der Waals surface area contributed by atoms with Gasteiger partial charge in [0.25, 0.3) is 0 Å². The van der Waals surface area contributed by atoms with Gasteiger partial charge in [-0.2, -0.15) is 0 Å². The van der Waals surface area contributed by atoms with Crippen molar-refractivity contribution in [2.24, 2.45) is 0 Å². The van der Waals surface area contributed by atoms with Gasteiger partial charge in [0.1, 0.15) is 10.0 Å². The molecule has 84 valence electrons. The number of thiophene rings is 1. The first-order chi connectivity index (χ1) is 7.61. The normalized spacial score (nSPS) is 10.7. The quantitative estimate of drug-likeness (QED) is 0.610. The van der Waals surface area contributed by atoms with Crippen LogP contribution < -0.4 is 0 Å². The zero-order valence-electron chi connectivity index (χ0n) is 8.91. The van der Waals surface area contributed by atoms with E-state index in [4.69, 9.17) is 16.3 Å². The van der Waals surface area contributed by atoms with Crippen LogP contribution in [0.4, 0.5) is 0 Å². The van der Waals surface area contributed by atoms with Crippen LogP contribution in [0.15, 0.2) is 12.1 Å². The molecule has 16 heavy (non-hydrogen) atoms. The lowest BCUT2D eigenvalue weighted by atomic mass is 10.2. The second-order valence-electron chi connectivity index (χ2n) is 3.27. The van der Waals surface area contributed by atoms with Crippen LogP contribution in [0.2, 0.25) is 5.15 Å². The van der Waals surface area contributed by atoms with Crippen molar-refractivity contribution in [3.63, 3.8) is 0 Å². The standard InChI is InChI=1S/C11H10ClNO2S/c1-3-15-11(14)9-4-7-6(2)13-10(12)5-8(7)16-9/h4-5H,3H2,1-2H3. The van der Waals surface area contributed by atoms with Gasteiger partial charge < -0.3 is 4.74 Å². The smallest absolute Gasteiger partial charge is 0.348 e. The number of pyridine rings is 1. The summed E-state index contributed by atoms with van der Waals surface area (Å²) >= 11 is 7.23. The number of nitrogens with zero attached hydrogens (tertiary/aromatic N) is 1. The predicted molar refractivity (Wildman–Crippen MR) is 65.3 cm³/mol. The van der Waals surface area contributed by atoms with Crippen LogP contribution in [-0.4, -0.2) is 17.6 Å². The molecule has 0 aliphatic heterocycles. The number of ether oxygens (including phenoxy) is 1. The Bertz CT molecular complexity index is 550. The van der Waals surface area contributed by atoms with E-state index in [-0.39, 0.29) is 5.97 Å². The third kappa shape index (κ3) is 2.03. The van der Waals surface area contributed by atoms with Crippen molar-refractivity contribution < 1.29 is 9.53 Å². The molecule has 5 heteroatoms. The molecular formula is C11H10ClNO2S. The van der Waals surface area contributed by atoms with Crippen LogP contribution in [0.25, 0.3) is 10.1 Å². The number of hydrogen-bond acceptors (Lipinski definition) is 4. The minimum absolute atomic E-state index is 0.292. The number of aryl methyl sites for hydroxylation is 1.